The summed E-state index contributed by atoms with van der Waals surface area (Å²) >= 11 is 8.72. The number of thiophene rings is 1. The number of halogens is 1. The van der Waals surface area contributed by atoms with Gasteiger partial charge in [-0.1, -0.05) is 23.4 Å². The lowest BCUT2D eigenvalue weighted by Gasteiger charge is -2.11. The Hall–Kier alpha value is -2.43. The number of nitro benzene ring substituents is 1. The monoisotopic (exact) mass is 464 g/mol. The molecule has 1 aliphatic rings. The minimum atomic E-state index is -0.559. The molecule has 11 heteroatoms. The summed E-state index contributed by atoms with van der Waals surface area (Å²) in [4.78, 5) is 42.2. The van der Waals surface area contributed by atoms with Crippen molar-refractivity contribution in [3.8, 4) is 0 Å². The predicted octanol–water partition coefficient (Wildman–Crippen LogP) is 4.17. The molecule has 0 aliphatic heterocycles. The van der Waals surface area contributed by atoms with Gasteiger partial charge >= 0.3 is 0 Å². The third kappa shape index (κ3) is 3.94. The SMILES string of the molecule is Cn1c(SCC(=O)Nc2cc([N+](=O)[O-])ccc2Cl)nc2sc3c(c2c1=O)CCCC3. The van der Waals surface area contributed by atoms with Crippen LogP contribution >= 0.6 is 34.7 Å². The van der Waals surface area contributed by atoms with Crippen molar-refractivity contribution < 1.29 is 9.72 Å². The highest BCUT2D eigenvalue weighted by Gasteiger charge is 2.21. The summed E-state index contributed by atoms with van der Waals surface area (Å²) in [6.45, 7) is 0. The number of aromatic nitrogens is 2. The zero-order valence-electron chi connectivity index (χ0n) is 15.9. The number of amides is 1. The summed E-state index contributed by atoms with van der Waals surface area (Å²) < 4.78 is 1.47. The molecule has 0 radical (unpaired) electrons. The molecule has 8 nitrogen and oxygen atoms in total. The van der Waals surface area contributed by atoms with E-state index in [1.807, 2.05) is 0 Å². The quantitative estimate of drug-likeness (QED) is 0.263. The lowest BCUT2D eigenvalue weighted by Crippen LogP contribution is -2.22. The van der Waals surface area contributed by atoms with Gasteiger partial charge in [-0.15, -0.1) is 11.3 Å². The number of nitrogens with one attached hydrogen (secondary N) is 1. The van der Waals surface area contributed by atoms with E-state index in [0.29, 0.717) is 10.5 Å². The molecule has 0 unspecified atom stereocenters. The summed E-state index contributed by atoms with van der Waals surface area (Å²) in [5.41, 5.74) is 1.03. The Kier molecular flexibility index (Phi) is 5.81. The van der Waals surface area contributed by atoms with Crippen LogP contribution in [0.25, 0.3) is 10.2 Å². The molecule has 30 heavy (non-hydrogen) atoms. The number of hydrogen-bond acceptors (Lipinski definition) is 7. The van der Waals surface area contributed by atoms with Gasteiger partial charge in [0, 0.05) is 24.1 Å². The molecule has 0 fully saturated rings. The minimum Gasteiger partial charge on any atom is -0.324 e. The van der Waals surface area contributed by atoms with Crippen LogP contribution in [0, 0.1) is 10.1 Å². The van der Waals surface area contributed by atoms with Crippen LogP contribution in [0.15, 0.2) is 28.2 Å². The fraction of sp³-hybridized carbons (Fsp3) is 0.316. The fourth-order valence-corrected chi connectivity index (χ4v) is 5.67. The molecule has 4 rings (SSSR count). The maximum absolute atomic E-state index is 12.9. The summed E-state index contributed by atoms with van der Waals surface area (Å²) in [5, 5.41) is 14.9. The standard InChI is InChI=1S/C19H17ClN4O4S2/c1-23-18(26)16-11-4-2-3-5-14(11)30-17(16)22-19(23)29-9-15(25)21-13-8-10(24(27)28)6-7-12(13)20/h6-8H,2-5,9H2,1H3,(H,21,25). The number of carbonyl (C=O) groups is 1. The average molecular weight is 465 g/mol. The second kappa shape index (κ2) is 8.37. The number of fused-ring (bicyclic) bond motifs is 3. The summed E-state index contributed by atoms with van der Waals surface area (Å²) in [6.07, 6.45) is 4.10. The van der Waals surface area contributed by atoms with Crippen molar-refractivity contribution in [1.82, 2.24) is 9.55 Å². The number of rotatable bonds is 5. The van der Waals surface area contributed by atoms with E-state index >= 15 is 0 Å². The Morgan fingerprint density at radius 2 is 2.17 bits per heavy atom. The molecule has 1 N–H and O–H groups in total. The van der Waals surface area contributed by atoms with Gasteiger partial charge in [0.1, 0.15) is 4.83 Å². The first kappa shape index (κ1) is 20.8. The van der Waals surface area contributed by atoms with Gasteiger partial charge in [0.25, 0.3) is 11.2 Å². The third-order valence-corrected chi connectivity index (χ3v) is 7.47. The van der Waals surface area contributed by atoms with Crippen molar-refractivity contribution in [2.45, 2.75) is 30.8 Å². The predicted molar refractivity (Wildman–Crippen MR) is 119 cm³/mol. The second-order valence-corrected chi connectivity index (χ2v) is 9.34. The van der Waals surface area contributed by atoms with E-state index in [1.165, 1.54) is 27.6 Å². The molecular formula is C19H17ClN4O4S2. The molecule has 156 valence electrons. The van der Waals surface area contributed by atoms with E-state index in [-0.39, 0.29) is 27.7 Å². The van der Waals surface area contributed by atoms with Gasteiger partial charge < -0.3 is 5.32 Å². The van der Waals surface area contributed by atoms with Gasteiger partial charge in [-0.2, -0.15) is 0 Å². The van der Waals surface area contributed by atoms with Crippen LogP contribution in [-0.4, -0.2) is 26.1 Å². The van der Waals surface area contributed by atoms with Crippen molar-refractivity contribution in [3.63, 3.8) is 0 Å². The van der Waals surface area contributed by atoms with E-state index < -0.39 is 10.8 Å². The molecule has 1 aliphatic carbocycles. The maximum atomic E-state index is 12.9. The second-order valence-electron chi connectivity index (χ2n) is 6.91. The van der Waals surface area contributed by atoms with Crippen LogP contribution < -0.4 is 10.9 Å². The summed E-state index contributed by atoms with van der Waals surface area (Å²) in [6, 6.07) is 3.84. The molecule has 1 amide bonds. The molecule has 0 saturated carbocycles. The van der Waals surface area contributed by atoms with Crippen LogP contribution in [0.5, 0.6) is 0 Å². The molecular weight excluding hydrogens is 448 g/mol. The van der Waals surface area contributed by atoms with Crippen molar-refractivity contribution in [1.29, 1.82) is 0 Å². The Bertz CT molecular complexity index is 1240. The van der Waals surface area contributed by atoms with Crippen molar-refractivity contribution in [2.75, 3.05) is 11.1 Å². The minimum absolute atomic E-state index is 0.0180. The van der Waals surface area contributed by atoms with Crippen molar-refractivity contribution in [3.05, 3.63) is 54.1 Å². The van der Waals surface area contributed by atoms with Gasteiger partial charge in [0.15, 0.2) is 5.16 Å². The average Bonchev–Trinajstić information content (AvgIpc) is 3.09. The summed E-state index contributed by atoms with van der Waals surface area (Å²) in [5.74, 6) is -0.419. The van der Waals surface area contributed by atoms with Gasteiger partial charge in [-0.3, -0.25) is 24.3 Å². The number of thioether (sulfide) groups is 1. The highest BCUT2D eigenvalue weighted by Crippen LogP contribution is 2.34. The number of benzene rings is 1. The zero-order chi connectivity index (χ0) is 21.4. The van der Waals surface area contributed by atoms with Gasteiger partial charge in [-0.25, -0.2) is 4.98 Å². The Morgan fingerprint density at radius 1 is 1.40 bits per heavy atom. The number of hydrogen-bond donors (Lipinski definition) is 1. The fourth-order valence-electron chi connectivity index (χ4n) is 3.44. The zero-order valence-corrected chi connectivity index (χ0v) is 18.3. The molecule has 1 aromatic carbocycles. The van der Waals surface area contributed by atoms with Gasteiger partial charge in [0.2, 0.25) is 5.91 Å². The van der Waals surface area contributed by atoms with Crippen LogP contribution in [0.2, 0.25) is 5.02 Å². The molecule has 2 heterocycles. The topological polar surface area (TPSA) is 107 Å². The Balaban J connectivity index is 1.53. The number of nitrogens with zero attached hydrogens (tertiary/aromatic N) is 3. The first-order valence-corrected chi connectivity index (χ1v) is 11.4. The number of carbonyl (C=O) groups excluding carboxylic acids is 1. The first-order valence-electron chi connectivity index (χ1n) is 9.23. The van der Waals surface area contributed by atoms with Crippen molar-refractivity contribution in [2.24, 2.45) is 7.05 Å². The van der Waals surface area contributed by atoms with E-state index in [2.05, 4.69) is 10.3 Å². The lowest BCUT2D eigenvalue weighted by molar-refractivity contribution is -0.384. The maximum Gasteiger partial charge on any atom is 0.271 e. The van der Waals surface area contributed by atoms with E-state index in [4.69, 9.17) is 11.6 Å². The number of anilines is 1. The van der Waals surface area contributed by atoms with Crippen LogP contribution in [0.4, 0.5) is 11.4 Å². The third-order valence-electron chi connectivity index (χ3n) is 4.92. The largest absolute Gasteiger partial charge is 0.324 e. The highest BCUT2D eigenvalue weighted by molar-refractivity contribution is 7.99. The van der Waals surface area contributed by atoms with Crippen LogP contribution in [-0.2, 0) is 24.7 Å². The molecule has 0 saturated heterocycles. The molecule has 2 aromatic heterocycles. The number of aryl methyl sites for hydroxylation is 2. The Labute approximate surface area is 184 Å². The lowest BCUT2D eigenvalue weighted by atomic mass is 9.97. The number of non-ortho nitro benzene ring substituents is 1. The summed E-state index contributed by atoms with van der Waals surface area (Å²) in [7, 11) is 1.65. The van der Waals surface area contributed by atoms with Crippen molar-refractivity contribution >= 4 is 62.2 Å². The smallest absolute Gasteiger partial charge is 0.271 e. The van der Waals surface area contributed by atoms with Gasteiger partial charge in [0.05, 0.1) is 26.8 Å². The normalized spacial score (nSPS) is 13.3. The van der Waals surface area contributed by atoms with E-state index in [1.54, 1.807) is 18.4 Å². The molecule has 0 bridgehead atoms. The molecule has 3 aromatic rings. The van der Waals surface area contributed by atoms with E-state index in [0.717, 1.165) is 47.8 Å². The molecule has 0 spiro atoms. The first-order chi connectivity index (χ1) is 14.3. The number of nitro groups is 1. The van der Waals surface area contributed by atoms with Crippen LogP contribution in [0.1, 0.15) is 23.3 Å². The van der Waals surface area contributed by atoms with Gasteiger partial charge in [-0.05, 0) is 37.3 Å². The van der Waals surface area contributed by atoms with Crippen LogP contribution in [0.3, 0.4) is 0 Å². The highest BCUT2D eigenvalue weighted by atomic mass is 35.5. The Morgan fingerprint density at radius 3 is 2.93 bits per heavy atom. The van der Waals surface area contributed by atoms with E-state index in [9.17, 15) is 19.7 Å². The molecule has 0 atom stereocenters.